The van der Waals surface area contributed by atoms with Crippen molar-refractivity contribution >= 4 is 58.1 Å². The van der Waals surface area contributed by atoms with Gasteiger partial charge in [-0.05, 0) is 43.4 Å². The molecule has 0 rings (SSSR count). The molecule has 0 amide bonds. The van der Waals surface area contributed by atoms with Crippen LogP contribution < -0.4 is 0 Å². The molecular weight excluding hydrogens is 765 g/mol. The lowest BCUT2D eigenvalue weighted by molar-refractivity contribution is -0.141. The van der Waals surface area contributed by atoms with Crippen LogP contribution in [0.5, 0.6) is 0 Å². The minimum absolute atomic E-state index is 0.00188. The molecule has 56 heavy (non-hydrogen) atoms. The van der Waals surface area contributed by atoms with Gasteiger partial charge in [-0.1, -0.05) is 244 Å². The zero-order valence-corrected chi connectivity index (χ0v) is 41.3. The zero-order chi connectivity index (χ0) is 40.8. The molecule has 7 heteroatoms. The molecule has 0 aromatic carbocycles. The van der Waals surface area contributed by atoms with Crippen molar-refractivity contribution in [2.24, 2.45) is 0 Å². The quantitative estimate of drug-likeness (QED) is 0.0343. The summed E-state index contributed by atoms with van der Waals surface area (Å²) in [5.41, 5.74) is 0. The lowest BCUT2D eigenvalue weighted by Crippen LogP contribution is -2.22. The molecule has 0 saturated heterocycles. The molecule has 0 aromatic rings. The van der Waals surface area contributed by atoms with E-state index in [2.05, 4.69) is 20.8 Å². The van der Waals surface area contributed by atoms with Crippen molar-refractivity contribution < 1.29 is 14.3 Å². The molecule has 0 aromatic heterocycles. The minimum atomic E-state index is -0.144. The Balaban J connectivity index is 4.24. The van der Waals surface area contributed by atoms with Crippen LogP contribution in [0.3, 0.4) is 0 Å². The second-order valence-electron chi connectivity index (χ2n) is 16.7. The first-order chi connectivity index (χ1) is 27.5. The standard InChI is InChI=1S/C49H96O3S4/c1-5-8-11-14-17-20-23-26-29-32-35-38-41-53-45-47(50)56-46(4)44-52-48(51)49(54-42-39-36-33-30-27-24-21-18-15-12-9-6-2)55-43-40-37-34-31-28-25-22-19-16-13-10-7-3/h46,49H,5-45H2,1-4H3. The second-order valence-corrected chi connectivity index (χ2v) is 22.0. The highest BCUT2D eigenvalue weighted by Gasteiger charge is 2.22. The van der Waals surface area contributed by atoms with Gasteiger partial charge in [-0.15, -0.1) is 23.5 Å². The average molecular weight is 862 g/mol. The summed E-state index contributed by atoms with van der Waals surface area (Å²) in [7, 11) is 0. The summed E-state index contributed by atoms with van der Waals surface area (Å²) in [5.74, 6) is 3.61. The maximum Gasteiger partial charge on any atom is 0.329 e. The summed E-state index contributed by atoms with van der Waals surface area (Å²) in [6.45, 7) is 9.21. The minimum Gasteiger partial charge on any atom is -0.463 e. The van der Waals surface area contributed by atoms with E-state index < -0.39 is 0 Å². The number of esters is 1. The van der Waals surface area contributed by atoms with Crippen LogP contribution >= 0.6 is 47.0 Å². The average Bonchev–Trinajstić information content (AvgIpc) is 3.19. The van der Waals surface area contributed by atoms with E-state index in [1.807, 2.05) is 6.92 Å². The highest BCUT2D eigenvalue weighted by atomic mass is 32.2. The van der Waals surface area contributed by atoms with Crippen LogP contribution in [0.25, 0.3) is 0 Å². The first-order valence-electron chi connectivity index (χ1n) is 24.7. The van der Waals surface area contributed by atoms with Gasteiger partial charge in [-0.2, -0.15) is 11.8 Å². The van der Waals surface area contributed by atoms with E-state index in [0.29, 0.717) is 12.4 Å². The Morgan fingerprint density at radius 1 is 0.411 bits per heavy atom. The van der Waals surface area contributed by atoms with E-state index in [4.69, 9.17) is 4.74 Å². The van der Waals surface area contributed by atoms with Crippen LogP contribution in [0.15, 0.2) is 0 Å². The largest absolute Gasteiger partial charge is 0.463 e. The van der Waals surface area contributed by atoms with Gasteiger partial charge in [-0.25, -0.2) is 4.79 Å². The molecular formula is C49H96O3S4. The smallest absolute Gasteiger partial charge is 0.329 e. The highest BCUT2D eigenvalue weighted by molar-refractivity contribution is 8.18. The maximum atomic E-state index is 13.3. The normalized spacial score (nSPS) is 12.2. The molecule has 334 valence electrons. The molecule has 0 spiro atoms. The molecule has 0 aliphatic heterocycles. The predicted octanol–water partition coefficient (Wildman–Crippen LogP) is 17.8. The van der Waals surface area contributed by atoms with E-state index in [1.54, 1.807) is 35.3 Å². The van der Waals surface area contributed by atoms with Gasteiger partial charge < -0.3 is 4.74 Å². The molecule has 1 atom stereocenters. The first-order valence-corrected chi connectivity index (χ1v) is 28.8. The molecule has 0 aliphatic rings. The summed E-state index contributed by atoms with van der Waals surface area (Å²) < 4.78 is 5.72. The third-order valence-electron chi connectivity index (χ3n) is 10.9. The van der Waals surface area contributed by atoms with E-state index in [9.17, 15) is 9.59 Å². The van der Waals surface area contributed by atoms with Crippen molar-refractivity contribution in [2.75, 3.05) is 29.6 Å². The highest BCUT2D eigenvalue weighted by Crippen LogP contribution is 2.29. The number of carbonyl (C=O) groups excluding carboxylic acids is 2. The fourth-order valence-electron chi connectivity index (χ4n) is 7.21. The summed E-state index contributed by atoms with van der Waals surface area (Å²) >= 11 is 6.74. The van der Waals surface area contributed by atoms with E-state index >= 15 is 0 Å². The third-order valence-corrected chi connectivity index (χ3v) is 15.9. The molecule has 1 unspecified atom stereocenters. The van der Waals surface area contributed by atoms with Gasteiger partial charge in [0.25, 0.3) is 0 Å². The van der Waals surface area contributed by atoms with Gasteiger partial charge in [0.1, 0.15) is 11.2 Å². The monoisotopic (exact) mass is 861 g/mol. The van der Waals surface area contributed by atoms with Crippen LogP contribution in [0.2, 0.25) is 0 Å². The molecule has 0 heterocycles. The van der Waals surface area contributed by atoms with Crippen molar-refractivity contribution in [1.29, 1.82) is 0 Å². The van der Waals surface area contributed by atoms with Crippen LogP contribution in [-0.4, -0.2) is 50.5 Å². The van der Waals surface area contributed by atoms with Crippen molar-refractivity contribution in [1.82, 2.24) is 0 Å². The Bertz CT molecular complexity index is 767. The van der Waals surface area contributed by atoms with Gasteiger partial charge in [0.05, 0.1) is 5.75 Å². The summed E-state index contributed by atoms with van der Waals surface area (Å²) in [6, 6.07) is 0. The van der Waals surface area contributed by atoms with Crippen LogP contribution in [0.1, 0.15) is 259 Å². The number of hydrogen-bond donors (Lipinski definition) is 0. The van der Waals surface area contributed by atoms with E-state index in [-0.39, 0.29) is 20.9 Å². The number of rotatable bonds is 47. The van der Waals surface area contributed by atoms with Crippen LogP contribution in [-0.2, 0) is 14.3 Å². The fraction of sp³-hybridized carbons (Fsp3) is 0.959. The molecule has 0 radical (unpaired) electrons. The molecule has 0 aliphatic carbocycles. The van der Waals surface area contributed by atoms with Crippen molar-refractivity contribution in [3.05, 3.63) is 0 Å². The number of hydrogen-bond acceptors (Lipinski definition) is 7. The Morgan fingerprint density at radius 2 is 0.696 bits per heavy atom. The van der Waals surface area contributed by atoms with Gasteiger partial charge in [0.2, 0.25) is 0 Å². The SMILES string of the molecule is CCCCCCCCCCCCCCSCC(=O)SC(C)COC(=O)C(SCCCCCCCCCCCCCC)SCCCCCCCCCCCCCC. The summed E-state index contributed by atoms with van der Waals surface area (Å²) in [5, 5.41) is 0.221. The number of thioether (sulfide) groups is 4. The first kappa shape index (κ1) is 56.5. The Labute approximate surface area is 368 Å². The Morgan fingerprint density at radius 3 is 1.02 bits per heavy atom. The van der Waals surface area contributed by atoms with Crippen molar-refractivity contribution in [3.8, 4) is 0 Å². The zero-order valence-electron chi connectivity index (χ0n) is 38.0. The predicted molar refractivity (Wildman–Crippen MR) is 262 cm³/mol. The lowest BCUT2D eigenvalue weighted by atomic mass is 10.1. The van der Waals surface area contributed by atoms with Gasteiger partial charge in [-0.3, -0.25) is 4.79 Å². The molecule has 0 bridgehead atoms. The van der Waals surface area contributed by atoms with Crippen LogP contribution in [0, 0.1) is 0 Å². The van der Waals surface area contributed by atoms with Crippen molar-refractivity contribution in [3.63, 3.8) is 0 Å². The van der Waals surface area contributed by atoms with Crippen LogP contribution in [0.4, 0.5) is 0 Å². The summed E-state index contributed by atoms with van der Waals surface area (Å²) in [4.78, 5) is 25.9. The van der Waals surface area contributed by atoms with Gasteiger partial charge >= 0.3 is 5.97 Å². The molecule has 3 nitrogen and oxygen atoms in total. The Hall–Kier alpha value is 0.540. The van der Waals surface area contributed by atoms with Gasteiger partial charge in [0, 0.05) is 5.25 Å². The molecule has 0 saturated carbocycles. The molecule has 0 fully saturated rings. The van der Waals surface area contributed by atoms with Crippen molar-refractivity contribution in [2.45, 2.75) is 269 Å². The number of unbranched alkanes of at least 4 members (excludes halogenated alkanes) is 33. The van der Waals surface area contributed by atoms with E-state index in [1.165, 1.54) is 243 Å². The number of carbonyl (C=O) groups is 2. The third kappa shape index (κ3) is 44.1. The summed E-state index contributed by atoms with van der Waals surface area (Å²) in [6.07, 6.45) is 48.9. The fourth-order valence-corrected chi connectivity index (χ4v) is 11.6. The van der Waals surface area contributed by atoms with Gasteiger partial charge in [0.15, 0.2) is 5.12 Å². The second kappa shape index (κ2) is 48.2. The maximum absolute atomic E-state index is 13.3. The Kier molecular flexibility index (Phi) is 48.7. The lowest BCUT2D eigenvalue weighted by Gasteiger charge is -2.17. The molecule has 0 N–H and O–H groups in total. The topological polar surface area (TPSA) is 43.4 Å². The number of ether oxygens (including phenoxy) is 1. The van der Waals surface area contributed by atoms with E-state index in [0.717, 1.165) is 17.3 Å².